The molecule has 0 spiro atoms. The summed E-state index contributed by atoms with van der Waals surface area (Å²) < 4.78 is 0. The first-order valence-corrected chi connectivity index (χ1v) is 6.06. The standard InChI is InChI=1S/C13H23N3/c1-10(2)13(11(3)4)8-14-5-12-6-15-9-16-7-12/h6-7,9-11,13-14H,5,8H2,1-4H3. The van der Waals surface area contributed by atoms with Crippen LogP contribution in [0.25, 0.3) is 0 Å². The molecule has 3 nitrogen and oxygen atoms in total. The van der Waals surface area contributed by atoms with Gasteiger partial charge in [0.1, 0.15) is 6.33 Å². The summed E-state index contributed by atoms with van der Waals surface area (Å²) in [6, 6.07) is 0. The molecule has 0 fully saturated rings. The highest BCUT2D eigenvalue weighted by Crippen LogP contribution is 2.19. The maximum atomic E-state index is 4.00. The van der Waals surface area contributed by atoms with Gasteiger partial charge in [-0.3, -0.25) is 0 Å². The van der Waals surface area contributed by atoms with Gasteiger partial charge in [-0.25, -0.2) is 9.97 Å². The van der Waals surface area contributed by atoms with E-state index < -0.39 is 0 Å². The van der Waals surface area contributed by atoms with Gasteiger partial charge >= 0.3 is 0 Å². The Hall–Kier alpha value is -0.960. The van der Waals surface area contributed by atoms with E-state index in [4.69, 9.17) is 0 Å². The smallest absolute Gasteiger partial charge is 0.115 e. The molecule has 0 bridgehead atoms. The third-order valence-electron chi connectivity index (χ3n) is 3.04. The Labute approximate surface area is 98.7 Å². The number of nitrogens with zero attached hydrogens (tertiary/aromatic N) is 2. The summed E-state index contributed by atoms with van der Waals surface area (Å²) in [5.41, 5.74) is 1.15. The molecule has 90 valence electrons. The molecule has 3 heteroatoms. The van der Waals surface area contributed by atoms with Crippen molar-refractivity contribution in [2.75, 3.05) is 6.54 Å². The molecule has 0 unspecified atom stereocenters. The van der Waals surface area contributed by atoms with E-state index in [0.717, 1.165) is 36.4 Å². The lowest BCUT2D eigenvalue weighted by molar-refractivity contribution is 0.275. The van der Waals surface area contributed by atoms with Crippen molar-refractivity contribution in [2.24, 2.45) is 17.8 Å². The molecule has 1 aromatic heterocycles. The zero-order valence-electron chi connectivity index (χ0n) is 10.8. The van der Waals surface area contributed by atoms with Crippen molar-refractivity contribution in [3.8, 4) is 0 Å². The van der Waals surface area contributed by atoms with Crippen LogP contribution in [-0.2, 0) is 6.54 Å². The van der Waals surface area contributed by atoms with Crippen LogP contribution in [0.15, 0.2) is 18.7 Å². The molecule has 1 rings (SSSR count). The van der Waals surface area contributed by atoms with Crippen LogP contribution in [-0.4, -0.2) is 16.5 Å². The van der Waals surface area contributed by atoms with Gasteiger partial charge in [-0.05, 0) is 24.3 Å². The molecule has 16 heavy (non-hydrogen) atoms. The van der Waals surface area contributed by atoms with E-state index in [-0.39, 0.29) is 0 Å². The fourth-order valence-corrected chi connectivity index (χ4v) is 2.05. The van der Waals surface area contributed by atoms with Crippen molar-refractivity contribution in [2.45, 2.75) is 34.2 Å². The number of hydrogen-bond acceptors (Lipinski definition) is 3. The van der Waals surface area contributed by atoms with Crippen molar-refractivity contribution < 1.29 is 0 Å². The molecule has 0 saturated carbocycles. The van der Waals surface area contributed by atoms with Crippen LogP contribution < -0.4 is 5.32 Å². The van der Waals surface area contributed by atoms with Crippen molar-refractivity contribution >= 4 is 0 Å². The SMILES string of the molecule is CC(C)C(CNCc1cncnc1)C(C)C. The first-order valence-electron chi connectivity index (χ1n) is 6.06. The summed E-state index contributed by atoms with van der Waals surface area (Å²) in [5.74, 6) is 2.17. The molecule has 0 radical (unpaired) electrons. The largest absolute Gasteiger partial charge is 0.312 e. The molecular formula is C13H23N3. The van der Waals surface area contributed by atoms with Crippen LogP contribution in [0.4, 0.5) is 0 Å². The third-order valence-corrected chi connectivity index (χ3v) is 3.04. The van der Waals surface area contributed by atoms with Crippen LogP contribution >= 0.6 is 0 Å². The summed E-state index contributed by atoms with van der Waals surface area (Å²) in [4.78, 5) is 8.00. The number of hydrogen-bond donors (Lipinski definition) is 1. The van der Waals surface area contributed by atoms with Crippen molar-refractivity contribution in [3.05, 3.63) is 24.3 Å². The predicted octanol–water partition coefficient (Wildman–Crippen LogP) is 2.49. The number of nitrogens with one attached hydrogen (secondary N) is 1. The third kappa shape index (κ3) is 4.27. The Kier molecular flexibility index (Phi) is 5.39. The first-order chi connectivity index (χ1) is 7.61. The second-order valence-electron chi connectivity index (χ2n) is 5.03. The minimum atomic E-state index is 0.722. The van der Waals surface area contributed by atoms with Gasteiger partial charge in [0.25, 0.3) is 0 Å². The molecular weight excluding hydrogens is 198 g/mol. The number of aromatic nitrogens is 2. The van der Waals surface area contributed by atoms with Gasteiger partial charge in [-0.2, -0.15) is 0 Å². The summed E-state index contributed by atoms with van der Waals surface area (Å²) in [5, 5.41) is 3.48. The van der Waals surface area contributed by atoms with E-state index in [9.17, 15) is 0 Å². The second-order valence-corrected chi connectivity index (χ2v) is 5.03. The minimum Gasteiger partial charge on any atom is -0.312 e. The summed E-state index contributed by atoms with van der Waals surface area (Å²) >= 11 is 0. The molecule has 0 atom stereocenters. The van der Waals surface area contributed by atoms with E-state index in [0.29, 0.717) is 0 Å². The highest BCUT2D eigenvalue weighted by molar-refractivity contribution is 5.01. The van der Waals surface area contributed by atoms with Crippen LogP contribution in [0.2, 0.25) is 0 Å². The highest BCUT2D eigenvalue weighted by atomic mass is 14.9. The summed E-state index contributed by atoms with van der Waals surface area (Å²) in [6.45, 7) is 11.1. The quantitative estimate of drug-likeness (QED) is 0.802. The highest BCUT2D eigenvalue weighted by Gasteiger charge is 2.16. The van der Waals surface area contributed by atoms with Crippen LogP contribution in [0.1, 0.15) is 33.3 Å². The van der Waals surface area contributed by atoms with Crippen molar-refractivity contribution in [1.29, 1.82) is 0 Å². The molecule has 0 saturated heterocycles. The Morgan fingerprint density at radius 2 is 1.62 bits per heavy atom. The molecule has 0 aliphatic heterocycles. The normalized spacial score (nSPS) is 11.7. The summed E-state index contributed by atoms with van der Waals surface area (Å²) in [7, 11) is 0. The summed E-state index contributed by atoms with van der Waals surface area (Å²) in [6.07, 6.45) is 5.29. The van der Waals surface area contributed by atoms with Gasteiger partial charge in [-0.15, -0.1) is 0 Å². The Morgan fingerprint density at radius 1 is 1.06 bits per heavy atom. The van der Waals surface area contributed by atoms with Gasteiger partial charge < -0.3 is 5.32 Å². The van der Waals surface area contributed by atoms with E-state index in [2.05, 4.69) is 43.0 Å². The topological polar surface area (TPSA) is 37.8 Å². The Balaban J connectivity index is 2.34. The fourth-order valence-electron chi connectivity index (χ4n) is 2.05. The molecule has 0 aliphatic carbocycles. The lowest BCUT2D eigenvalue weighted by Gasteiger charge is -2.25. The molecule has 1 aromatic rings. The van der Waals surface area contributed by atoms with Gasteiger partial charge in [0.15, 0.2) is 0 Å². The average Bonchev–Trinajstić information content (AvgIpc) is 2.24. The Bertz CT molecular complexity index is 274. The molecule has 0 amide bonds. The first kappa shape index (κ1) is 13.1. The van der Waals surface area contributed by atoms with E-state index >= 15 is 0 Å². The maximum absolute atomic E-state index is 4.00. The van der Waals surface area contributed by atoms with E-state index in [1.165, 1.54) is 0 Å². The lowest BCUT2D eigenvalue weighted by atomic mass is 9.85. The number of rotatable bonds is 6. The van der Waals surface area contributed by atoms with Gasteiger partial charge in [0.2, 0.25) is 0 Å². The monoisotopic (exact) mass is 221 g/mol. The molecule has 0 aromatic carbocycles. The van der Waals surface area contributed by atoms with Crippen LogP contribution in [0.5, 0.6) is 0 Å². The molecule has 1 heterocycles. The van der Waals surface area contributed by atoms with Crippen LogP contribution in [0.3, 0.4) is 0 Å². The Morgan fingerprint density at radius 3 is 2.12 bits per heavy atom. The van der Waals surface area contributed by atoms with Crippen molar-refractivity contribution in [1.82, 2.24) is 15.3 Å². The minimum absolute atomic E-state index is 0.722. The van der Waals surface area contributed by atoms with Gasteiger partial charge in [-0.1, -0.05) is 27.7 Å². The molecule has 1 N–H and O–H groups in total. The zero-order chi connectivity index (χ0) is 12.0. The molecule has 0 aliphatic rings. The van der Waals surface area contributed by atoms with E-state index in [1.54, 1.807) is 6.33 Å². The lowest BCUT2D eigenvalue weighted by Crippen LogP contribution is -2.29. The van der Waals surface area contributed by atoms with E-state index in [1.807, 2.05) is 12.4 Å². The predicted molar refractivity (Wildman–Crippen MR) is 66.9 cm³/mol. The second kappa shape index (κ2) is 6.59. The maximum Gasteiger partial charge on any atom is 0.115 e. The van der Waals surface area contributed by atoms with Crippen LogP contribution in [0, 0.1) is 17.8 Å². The van der Waals surface area contributed by atoms with Crippen molar-refractivity contribution in [3.63, 3.8) is 0 Å². The van der Waals surface area contributed by atoms with Gasteiger partial charge in [0, 0.05) is 24.5 Å². The fraction of sp³-hybridized carbons (Fsp3) is 0.692. The zero-order valence-corrected chi connectivity index (χ0v) is 10.8. The average molecular weight is 221 g/mol. The van der Waals surface area contributed by atoms with Gasteiger partial charge in [0.05, 0.1) is 0 Å².